The van der Waals surface area contributed by atoms with E-state index in [1.807, 2.05) is 20.1 Å². The smallest absolute Gasteiger partial charge is 0.408 e. The van der Waals surface area contributed by atoms with Gasteiger partial charge in [-0.1, -0.05) is 40.2 Å². The summed E-state index contributed by atoms with van der Waals surface area (Å²) in [5.41, 5.74) is -1.81. The molecule has 2 aromatic rings. The number of carbonyl (C=O) groups excluding carboxylic acids is 3. The summed E-state index contributed by atoms with van der Waals surface area (Å²) < 4.78 is 55.6. The third kappa shape index (κ3) is 6.74. The van der Waals surface area contributed by atoms with Gasteiger partial charge in [0.2, 0.25) is 11.8 Å². The Morgan fingerprint density at radius 3 is 2.60 bits per heavy atom. The summed E-state index contributed by atoms with van der Waals surface area (Å²) in [4.78, 5) is 50.2. The van der Waals surface area contributed by atoms with E-state index in [1.54, 1.807) is 39.0 Å². The fraction of sp³-hybridized carbons (Fsp3) is 0.676. The van der Waals surface area contributed by atoms with E-state index >= 15 is 8.78 Å². The van der Waals surface area contributed by atoms with E-state index in [0.717, 1.165) is 6.42 Å². The molecule has 1 N–H and O–H groups in total. The predicted octanol–water partition coefficient (Wildman–Crippen LogP) is 4.80. The van der Waals surface area contributed by atoms with Crippen LogP contribution < -0.4 is 14.8 Å². The first-order valence-electron chi connectivity index (χ1n) is 16.3. The fourth-order valence-electron chi connectivity index (χ4n) is 7.72. The zero-order valence-electron chi connectivity index (χ0n) is 28.1. The first-order valence-corrected chi connectivity index (χ1v) is 16.3. The number of methoxy groups -OCH3 is 1. The topological polar surface area (TPSA) is 129 Å². The number of benzene rings is 1. The third-order valence-corrected chi connectivity index (χ3v) is 10.4. The average Bonchev–Trinajstić information content (AvgIpc) is 3.56. The molecule has 1 aromatic carbocycles. The minimum absolute atomic E-state index is 0. The minimum atomic E-state index is -3.50. The molecule has 2 saturated carbocycles. The van der Waals surface area contributed by atoms with Crippen molar-refractivity contribution in [1.29, 1.82) is 0 Å². The van der Waals surface area contributed by atoms with Gasteiger partial charge >= 0.3 is 6.09 Å². The van der Waals surface area contributed by atoms with Gasteiger partial charge in [-0.25, -0.2) is 21.0 Å². The summed E-state index contributed by atoms with van der Waals surface area (Å²) in [5, 5.41) is 2.80. The van der Waals surface area contributed by atoms with Crippen LogP contribution in [0.5, 0.6) is 11.6 Å². The molecule has 2 unspecified atom stereocenters. The van der Waals surface area contributed by atoms with Gasteiger partial charge in [0.25, 0.3) is 5.92 Å². The Morgan fingerprint density at radius 2 is 1.94 bits per heavy atom. The van der Waals surface area contributed by atoms with E-state index in [1.165, 1.54) is 12.0 Å². The van der Waals surface area contributed by atoms with Gasteiger partial charge in [-0.3, -0.25) is 4.79 Å². The van der Waals surface area contributed by atoms with Crippen molar-refractivity contribution in [3.05, 3.63) is 23.9 Å². The van der Waals surface area contributed by atoms with Gasteiger partial charge in [-0.2, -0.15) is 8.78 Å². The van der Waals surface area contributed by atoms with Gasteiger partial charge < -0.3 is 34.0 Å². The predicted molar refractivity (Wildman–Crippen MR) is 166 cm³/mol. The third-order valence-electron chi connectivity index (χ3n) is 10.4. The van der Waals surface area contributed by atoms with Crippen LogP contribution in [0.4, 0.5) is 13.6 Å². The normalized spacial score (nSPS) is 33.4. The number of carbonyl (C=O) groups is 2. The molecule has 8 atom stereocenters. The van der Waals surface area contributed by atoms with Crippen molar-refractivity contribution >= 4 is 29.3 Å². The largest absolute Gasteiger partial charge is 0.540 e. The molecule has 11 nitrogen and oxygen atoms in total. The van der Waals surface area contributed by atoms with Crippen molar-refractivity contribution < 1.29 is 60.7 Å². The van der Waals surface area contributed by atoms with Crippen LogP contribution in [0.15, 0.2) is 18.2 Å². The van der Waals surface area contributed by atoms with Crippen LogP contribution in [-0.4, -0.2) is 83.8 Å². The van der Waals surface area contributed by atoms with E-state index in [2.05, 4.69) is 15.3 Å². The van der Waals surface area contributed by atoms with Gasteiger partial charge in [0.15, 0.2) is 5.69 Å². The molecule has 2 bridgehead atoms. The molecule has 1 aromatic heterocycles. The number of nitrogens with one attached hydrogen (secondary N) is 1. The number of rotatable bonds is 3. The van der Waals surface area contributed by atoms with Gasteiger partial charge in [-0.15, -0.1) is 0 Å². The number of alkyl halides is 2. The number of halogens is 2. The second-order valence-electron chi connectivity index (χ2n) is 14.7. The molecule has 3 fully saturated rings. The molecule has 48 heavy (non-hydrogen) atoms. The molecular weight excluding hydrogens is 665 g/mol. The van der Waals surface area contributed by atoms with E-state index < -0.39 is 71.0 Å². The standard InChI is InChI=1S/C34H43F2N4O7.V/c1-7-20-25(16-41)40-15-26(20)46-29-27(37-23-9-8-19(44-6)13-24(23)38-29)34(35,36)10-11-45-17-22-21-12-18(21)14-33(22,5)47-31(43)39-28(30(40)42)32(2,3)4;/h8-9,13,18,20-22,25-26,28H,7,10-12,14-15,17H2,1-6H3,(H,39,43);/q-1;/t18?,20-,21?,22+,25+,26-,28+,33+;/m0./s1. The van der Waals surface area contributed by atoms with Crippen molar-refractivity contribution in [2.24, 2.45) is 29.1 Å². The quantitative estimate of drug-likeness (QED) is 0.448. The van der Waals surface area contributed by atoms with Crippen LogP contribution in [0.3, 0.4) is 0 Å². The van der Waals surface area contributed by atoms with Crippen LogP contribution in [-0.2, 0) is 43.5 Å². The number of hydrogen-bond acceptors (Lipinski definition) is 9. The second-order valence-corrected chi connectivity index (χ2v) is 14.7. The maximum atomic E-state index is 16.1. The molecule has 0 spiro atoms. The summed E-state index contributed by atoms with van der Waals surface area (Å²) >= 11 is 0. The molecule has 1 radical (unpaired) electrons. The van der Waals surface area contributed by atoms with Gasteiger partial charge in [0, 0.05) is 37.0 Å². The molecule has 3 heterocycles. The SMILES string of the molecule is CC[C@@H]1[C@@H]2CN(C(=O)[C@H](C(C)(C)C)NC(=O)O[C@]3(C)CC4CC4[C@H]3COCCC(F)(F)c3nc4ccc(OC)cc4nc3O2)[C@@H]1[C-]=O.[V]. The summed E-state index contributed by atoms with van der Waals surface area (Å²) in [6, 6.07) is 2.63. The van der Waals surface area contributed by atoms with Crippen molar-refractivity contribution in [1.82, 2.24) is 20.2 Å². The molecule has 14 heteroatoms. The minimum Gasteiger partial charge on any atom is -0.540 e. The molecular formula is C34H43F2N4O7V-. The summed E-state index contributed by atoms with van der Waals surface area (Å²) in [5.74, 6) is -4.11. The first kappa shape index (κ1) is 36.3. The van der Waals surface area contributed by atoms with Crippen molar-refractivity contribution in [3.8, 4) is 11.6 Å². The van der Waals surface area contributed by atoms with Crippen molar-refractivity contribution in [2.75, 3.05) is 26.9 Å². The Kier molecular flexibility index (Phi) is 10.1. The monoisotopic (exact) mass is 708 g/mol. The van der Waals surface area contributed by atoms with Gasteiger partial charge in [0.1, 0.15) is 23.5 Å². The van der Waals surface area contributed by atoms with Crippen LogP contribution in [0.2, 0.25) is 0 Å². The molecule has 4 aliphatic rings. The van der Waals surface area contributed by atoms with Gasteiger partial charge in [0.05, 0.1) is 37.9 Å². The zero-order chi connectivity index (χ0) is 33.9. The molecule has 261 valence electrons. The van der Waals surface area contributed by atoms with E-state index in [-0.39, 0.29) is 61.2 Å². The van der Waals surface area contributed by atoms with E-state index in [0.29, 0.717) is 24.5 Å². The summed E-state index contributed by atoms with van der Waals surface area (Å²) in [6.07, 6.45) is 1.60. The number of aromatic nitrogens is 2. The van der Waals surface area contributed by atoms with E-state index in [9.17, 15) is 14.4 Å². The first-order chi connectivity index (χ1) is 22.2. The fourth-order valence-corrected chi connectivity index (χ4v) is 7.72. The Hall–Kier alpha value is -3.03. The Balaban J connectivity index is 0.00000451. The number of fused-ring (bicyclic) bond motifs is 7. The van der Waals surface area contributed by atoms with Crippen molar-refractivity contribution in [3.63, 3.8) is 0 Å². The van der Waals surface area contributed by atoms with Gasteiger partial charge in [-0.05, 0) is 55.1 Å². The maximum Gasteiger partial charge on any atom is 0.408 e. The van der Waals surface area contributed by atoms with Crippen LogP contribution >= 0.6 is 0 Å². The van der Waals surface area contributed by atoms with Crippen LogP contribution in [0.25, 0.3) is 11.0 Å². The number of hydrogen-bond donors (Lipinski definition) is 1. The van der Waals surface area contributed by atoms with Crippen LogP contribution in [0, 0.1) is 29.1 Å². The molecule has 2 aliphatic carbocycles. The molecule has 6 rings (SSSR count). The second kappa shape index (κ2) is 13.4. The Bertz CT molecular complexity index is 1560. The number of amides is 2. The summed E-state index contributed by atoms with van der Waals surface area (Å²) in [6.45, 7) is 8.82. The Labute approximate surface area is 291 Å². The molecule has 1 saturated heterocycles. The van der Waals surface area contributed by atoms with Crippen molar-refractivity contribution in [2.45, 2.75) is 90.0 Å². The molecule has 2 aliphatic heterocycles. The zero-order valence-corrected chi connectivity index (χ0v) is 29.5. The molecule has 2 amide bonds. The Morgan fingerprint density at radius 1 is 1.19 bits per heavy atom. The average molecular weight is 709 g/mol. The number of nitrogens with zero attached hydrogens (tertiary/aromatic N) is 3. The van der Waals surface area contributed by atoms with Crippen LogP contribution in [0.1, 0.15) is 66.0 Å². The summed E-state index contributed by atoms with van der Waals surface area (Å²) in [7, 11) is 1.48. The number of alkyl carbamates (subject to hydrolysis) is 1. The van der Waals surface area contributed by atoms with E-state index in [4.69, 9.17) is 18.9 Å². The number of ether oxygens (including phenoxy) is 4. The maximum absolute atomic E-state index is 16.1.